The Labute approximate surface area is 280 Å². The van der Waals surface area contributed by atoms with Crippen molar-refractivity contribution in [3.63, 3.8) is 0 Å². The van der Waals surface area contributed by atoms with Crippen LogP contribution in [0.5, 0.6) is 0 Å². The van der Waals surface area contributed by atoms with E-state index in [-0.39, 0.29) is 23.8 Å². The fourth-order valence-corrected chi connectivity index (χ4v) is 9.61. The van der Waals surface area contributed by atoms with Crippen LogP contribution in [-0.4, -0.2) is 95.0 Å². The van der Waals surface area contributed by atoms with E-state index < -0.39 is 5.91 Å². The molecule has 1 aromatic heterocycles. The van der Waals surface area contributed by atoms with Gasteiger partial charge in [-0.2, -0.15) is 0 Å². The van der Waals surface area contributed by atoms with Crippen molar-refractivity contribution in [3.8, 4) is 0 Å². The van der Waals surface area contributed by atoms with Crippen molar-refractivity contribution in [1.29, 1.82) is 0 Å². The highest BCUT2D eigenvalue weighted by molar-refractivity contribution is 5.96. The standard InChI is InChI=1S/C37H54N8O2/c1-42(2)37(47)44-19-7-12-31-32(44)22-28(25-8-3-4-9-25)24-45(31)33-23-39-34(35(38)46)36(41-33)40-29-15-13-26(14-16-29)27-17-20-43(21-18-27)30-10-5-6-11-30/h13-16,23,25,27-28,30-32H,3-12,17-22,24H2,1-2H3,(H2,38,46)(H,40,41)/t28?,31-,32-/m1/s1. The van der Waals surface area contributed by atoms with E-state index in [9.17, 15) is 9.59 Å². The number of likely N-dealkylation sites (tertiary alicyclic amines) is 2. The van der Waals surface area contributed by atoms with E-state index in [1.807, 2.05) is 14.1 Å². The minimum Gasteiger partial charge on any atom is -0.364 e. The van der Waals surface area contributed by atoms with Gasteiger partial charge in [-0.1, -0.05) is 50.7 Å². The first kappa shape index (κ1) is 32.2. The normalized spacial score (nSPS) is 26.4. The summed E-state index contributed by atoms with van der Waals surface area (Å²) in [6.07, 6.45) is 17.7. The van der Waals surface area contributed by atoms with Crippen LogP contribution in [0.1, 0.15) is 105 Å². The summed E-state index contributed by atoms with van der Waals surface area (Å²) >= 11 is 0. The number of nitrogens with two attached hydrogens (primary N) is 1. The van der Waals surface area contributed by atoms with E-state index in [1.54, 1.807) is 11.1 Å². The maximum atomic E-state index is 13.3. The lowest BCUT2D eigenvalue weighted by Crippen LogP contribution is -2.63. The molecule has 1 aromatic carbocycles. The Bertz CT molecular complexity index is 1400. The van der Waals surface area contributed by atoms with E-state index >= 15 is 0 Å². The molecule has 3 amide bonds. The molecule has 3 atom stereocenters. The van der Waals surface area contributed by atoms with E-state index in [0.717, 1.165) is 49.9 Å². The minimum atomic E-state index is -0.599. The number of piperidine rings is 3. The highest BCUT2D eigenvalue weighted by atomic mass is 16.2. The maximum absolute atomic E-state index is 13.3. The number of nitrogens with one attached hydrogen (secondary N) is 1. The van der Waals surface area contributed by atoms with E-state index in [2.05, 4.69) is 49.3 Å². The van der Waals surface area contributed by atoms with Crippen LogP contribution in [0.25, 0.3) is 0 Å². The maximum Gasteiger partial charge on any atom is 0.319 e. The number of benzene rings is 1. The smallest absolute Gasteiger partial charge is 0.319 e. The number of anilines is 3. The lowest BCUT2D eigenvalue weighted by atomic mass is 9.76. The number of hydrogen-bond acceptors (Lipinski definition) is 7. The molecule has 2 aromatic rings. The Kier molecular flexibility index (Phi) is 9.57. The largest absolute Gasteiger partial charge is 0.364 e. The third-order valence-corrected chi connectivity index (χ3v) is 12.1. The number of carbonyl (C=O) groups excluding carboxylic acids is 2. The third kappa shape index (κ3) is 6.80. The van der Waals surface area contributed by atoms with Gasteiger partial charge in [0.2, 0.25) is 0 Å². The summed E-state index contributed by atoms with van der Waals surface area (Å²) in [5.74, 6) is 2.28. The molecular formula is C37H54N8O2. The molecular weight excluding hydrogens is 588 g/mol. The molecule has 3 saturated heterocycles. The predicted molar refractivity (Wildman–Crippen MR) is 186 cm³/mol. The number of hydrogen-bond donors (Lipinski definition) is 2. The minimum absolute atomic E-state index is 0.0899. The molecule has 47 heavy (non-hydrogen) atoms. The van der Waals surface area contributed by atoms with Crippen molar-refractivity contribution in [2.45, 2.75) is 108 Å². The van der Waals surface area contributed by atoms with Crippen LogP contribution in [0.2, 0.25) is 0 Å². The van der Waals surface area contributed by atoms with Gasteiger partial charge < -0.3 is 30.7 Å². The molecule has 7 rings (SSSR count). The summed E-state index contributed by atoms with van der Waals surface area (Å²) in [6.45, 7) is 4.08. The van der Waals surface area contributed by atoms with Crippen LogP contribution in [0.3, 0.4) is 0 Å². The zero-order valence-corrected chi connectivity index (χ0v) is 28.4. The second-order valence-electron chi connectivity index (χ2n) is 15.1. The van der Waals surface area contributed by atoms with Crippen molar-refractivity contribution < 1.29 is 9.59 Å². The molecule has 4 heterocycles. The molecule has 2 saturated carbocycles. The summed E-state index contributed by atoms with van der Waals surface area (Å²) in [4.78, 5) is 44.5. The van der Waals surface area contributed by atoms with Gasteiger partial charge in [0.25, 0.3) is 5.91 Å². The van der Waals surface area contributed by atoms with Gasteiger partial charge in [-0.05, 0) is 93.5 Å². The molecule has 0 spiro atoms. The molecule has 10 nitrogen and oxygen atoms in total. The third-order valence-electron chi connectivity index (χ3n) is 12.1. The predicted octanol–water partition coefficient (Wildman–Crippen LogP) is 5.97. The first-order valence-corrected chi connectivity index (χ1v) is 18.4. The molecule has 3 aliphatic heterocycles. The van der Waals surface area contributed by atoms with Crippen molar-refractivity contribution in [2.75, 3.05) is 50.5 Å². The van der Waals surface area contributed by atoms with Crippen LogP contribution in [-0.2, 0) is 0 Å². The highest BCUT2D eigenvalue weighted by Gasteiger charge is 2.46. The number of fused-ring (bicyclic) bond motifs is 1. The molecule has 10 heteroatoms. The van der Waals surface area contributed by atoms with Gasteiger partial charge in [-0.3, -0.25) is 4.79 Å². The van der Waals surface area contributed by atoms with Crippen LogP contribution in [0.15, 0.2) is 30.5 Å². The number of rotatable bonds is 7. The Hall–Kier alpha value is -3.40. The van der Waals surface area contributed by atoms with Gasteiger partial charge >= 0.3 is 6.03 Å². The molecule has 0 bridgehead atoms. The monoisotopic (exact) mass is 642 g/mol. The van der Waals surface area contributed by atoms with Crippen LogP contribution in [0, 0.1) is 11.8 Å². The Morgan fingerprint density at radius 2 is 1.55 bits per heavy atom. The van der Waals surface area contributed by atoms with E-state index in [1.165, 1.54) is 82.9 Å². The van der Waals surface area contributed by atoms with Crippen molar-refractivity contribution in [3.05, 3.63) is 41.7 Å². The molecule has 2 aliphatic carbocycles. The number of urea groups is 1. The molecule has 3 N–H and O–H groups in total. The van der Waals surface area contributed by atoms with Crippen LogP contribution >= 0.6 is 0 Å². The van der Waals surface area contributed by atoms with Gasteiger partial charge in [0.05, 0.1) is 18.3 Å². The number of nitrogens with zero attached hydrogens (tertiary/aromatic N) is 6. The quantitative estimate of drug-likeness (QED) is 0.383. The zero-order chi connectivity index (χ0) is 32.5. The summed E-state index contributed by atoms with van der Waals surface area (Å²) in [5, 5.41) is 3.41. The number of amides is 3. The fraction of sp³-hybridized carbons (Fsp3) is 0.676. The number of carbonyl (C=O) groups is 2. The van der Waals surface area contributed by atoms with Crippen molar-refractivity contribution in [2.24, 2.45) is 17.6 Å². The molecule has 5 aliphatic rings. The van der Waals surface area contributed by atoms with E-state index in [0.29, 0.717) is 23.6 Å². The van der Waals surface area contributed by atoms with Gasteiger partial charge in [-0.25, -0.2) is 14.8 Å². The average Bonchev–Trinajstić information content (AvgIpc) is 3.83. The van der Waals surface area contributed by atoms with Crippen molar-refractivity contribution in [1.82, 2.24) is 24.7 Å². The van der Waals surface area contributed by atoms with E-state index in [4.69, 9.17) is 10.7 Å². The Morgan fingerprint density at radius 1 is 0.851 bits per heavy atom. The fourth-order valence-electron chi connectivity index (χ4n) is 9.61. The lowest BCUT2D eigenvalue weighted by Gasteiger charge is -2.53. The molecule has 0 radical (unpaired) electrons. The first-order chi connectivity index (χ1) is 22.9. The van der Waals surface area contributed by atoms with Gasteiger partial charge in [0, 0.05) is 38.9 Å². The molecule has 254 valence electrons. The first-order valence-electron chi connectivity index (χ1n) is 18.4. The van der Waals surface area contributed by atoms with Crippen LogP contribution in [0.4, 0.5) is 22.1 Å². The van der Waals surface area contributed by atoms with Crippen LogP contribution < -0.4 is 16.0 Å². The number of primary amides is 1. The SMILES string of the molecule is CN(C)C(=O)N1CCC[C@@H]2[C@H]1CC(C1CCCC1)CN2c1cnc(C(N)=O)c(Nc2ccc(C3CCN(C4CCCC4)CC3)cc2)n1. The second-order valence-corrected chi connectivity index (χ2v) is 15.1. The molecule has 5 fully saturated rings. The summed E-state index contributed by atoms with van der Waals surface area (Å²) in [5.41, 5.74) is 8.21. The topological polar surface area (TPSA) is 111 Å². The lowest BCUT2D eigenvalue weighted by molar-refractivity contribution is 0.0770. The van der Waals surface area contributed by atoms with Gasteiger partial charge in [-0.15, -0.1) is 0 Å². The summed E-state index contributed by atoms with van der Waals surface area (Å²) in [7, 11) is 3.69. The average molecular weight is 643 g/mol. The Balaban J connectivity index is 1.11. The molecule has 1 unspecified atom stereocenters. The van der Waals surface area contributed by atoms with Crippen molar-refractivity contribution >= 4 is 29.3 Å². The van der Waals surface area contributed by atoms with Gasteiger partial charge in [0.15, 0.2) is 11.5 Å². The zero-order valence-electron chi connectivity index (χ0n) is 28.4. The summed E-state index contributed by atoms with van der Waals surface area (Å²) < 4.78 is 0. The Morgan fingerprint density at radius 3 is 2.23 bits per heavy atom. The number of aromatic nitrogens is 2. The summed E-state index contributed by atoms with van der Waals surface area (Å²) in [6, 6.07) is 9.81. The second kappa shape index (κ2) is 14.0. The van der Waals surface area contributed by atoms with Gasteiger partial charge in [0.1, 0.15) is 5.82 Å². The highest BCUT2D eigenvalue weighted by Crippen LogP contribution is 2.42.